The minimum Gasteiger partial charge on any atom is -0.497 e. The first-order valence-corrected chi connectivity index (χ1v) is 8.90. The van der Waals surface area contributed by atoms with Crippen molar-refractivity contribution in [2.75, 3.05) is 13.7 Å². The molecule has 0 aliphatic rings. The van der Waals surface area contributed by atoms with Crippen LogP contribution in [0.1, 0.15) is 24.1 Å². The molecule has 0 aliphatic heterocycles. The zero-order valence-electron chi connectivity index (χ0n) is 11.5. The van der Waals surface area contributed by atoms with Crippen molar-refractivity contribution < 1.29 is 4.74 Å². The van der Waals surface area contributed by atoms with E-state index in [4.69, 9.17) is 4.74 Å². The van der Waals surface area contributed by atoms with E-state index < -0.39 is 0 Å². The summed E-state index contributed by atoms with van der Waals surface area (Å²) in [6.45, 7) is 3.08. The summed E-state index contributed by atoms with van der Waals surface area (Å²) in [5, 5.41) is 5.75. The number of nitrogens with one attached hydrogen (secondary N) is 1. The summed E-state index contributed by atoms with van der Waals surface area (Å²) in [4.78, 5) is 0. The predicted octanol–water partition coefficient (Wildman–Crippen LogP) is 5.18. The number of methoxy groups -OCH3 is 1. The number of thiophene rings is 1. The number of hydrogen-bond donors (Lipinski definition) is 1. The molecule has 1 aromatic carbocycles. The fraction of sp³-hybridized carbons (Fsp3) is 0.333. The molecule has 0 bridgehead atoms. The van der Waals surface area contributed by atoms with Crippen molar-refractivity contribution >= 4 is 43.2 Å². The molecule has 2 nitrogen and oxygen atoms in total. The van der Waals surface area contributed by atoms with E-state index in [0.29, 0.717) is 6.04 Å². The van der Waals surface area contributed by atoms with E-state index in [0.717, 1.165) is 23.2 Å². The first-order valence-electron chi connectivity index (χ1n) is 6.43. The Morgan fingerprint density at radius 1 is 1.30 bits per heavy atom. The molecule has 2 aromatic rings. The highest BCUT2D eigenvalue weighted by Gasteiger charge is 2.15. The predicted molar refractivity (Wildman–Crippen MR) is 92.8 cm³/mol. The molecule has 0 amide bonds. The van der Waals surface area contributed by atoms with E-state index in [1.54, 1.807) is 18.4 Å². The van der Waals surface area contributed by atoms with Crippen molar-refractivity contribution in [3.8, 4) is 5.75 Å². The molecule has 2 rings (SSSR count). The topological polar surface area (TPSA) is 21.3 Å². The number of benzene rings is 1. The highest BCUT2D eigenvalue weighted by Crippen LogP contribution is 2.30. The van der Waals surface area contributed by atoms with E-state index in [2.05, 4.69) is 61.6 Å². The molecule has 0 spiro atoms. The molecule has 1 aromatic heterocycles. The van der Waals surface area contributed by atoms with Crippen LogP contribution in [-0.4, -0.2) is 13.7 Å². The van der Waals surface area contributed by atoms with E-state index in [1.165, 1.54) is 14.9 Å². The van der Waals surface area contributed by atoms with Crippen LogP contribution in [0.3, 0.4) is 0 Å². The van der Waals surface area contributed by atoms with Crippen LogP contribution in [0.2, 0.25) is 0 Å². The van der Waals surface area contributed by atoms with Gasteiger partial charge >= 0.3 is 0 Å². The van der Waals surface area contributed by atoms with E-state index in [-0.39, 0.29) is 0 Å². The number of rotatable bonds is 6. The Hall–Kier alpha value is -0.360. The first-order chi connectivity index (χ1) is 9.63. The van der Waals surface area contributed by atoms with E-state index in [1.807, 2.05) is 12.1 Å². The first kappa shape index (κ1) is 16.0. The van der Waals surface area contributed by atoms with Gasteiger partial charge in [-0.05, 0) is 69.7 Å². The Morgan fingerprint density at radius 3 is 2.70 bits per heavy atom. The van der Waals surface area contributed by atoms with Crippen molar-refractivity contribution in [1.82, 2.24) is 5.32 Å². The minimum atomic E-state index is 0.311. The van der Waals surface area contributed by atoms with Gasteiger partial charge in [-0.2, -0.15) is 0 Å². The number of likely N-dealkylation sites (N-methyl/N-ethyl adjacent to an activating group) is 1. The van der Waals surface area contributed by atoms with E-state index in [9.17, 15) is 0 Å². The average molecular weight is 419 g/mol. The molecule has 0 fully saturated rings. The summed E-state index contributed by atoms with van der Waals surface area (Å²) in [6, 6.07) is 8.60. The number of hydrogen-bond acceptors (Lipinski definition) is 3. The standard InChI is InChI=1S/C15H17Br2NOS/c1-3-18-14(11-8-15(17)20-9-11)7-10-6-12(19-2)4-5-13(10)16/h4-6,8-9,14,18H,3,7H2,1-2H3. The van der Waals surface area contributed by atoms with Crippen LogP contribution >= 0.6 is 43.2 Å². The van der Waals surface area contributed by atoms with Crippen molar-refractivity contribution in [2.24, 2.45) is 0 Å². The van der Waals surface area contributed by atoms with Crippen LogP contribution in [0.25, 0.3) is 0 Å². The fourth-order valence-corrected chi connectivity index (χ4v) is 3.75. The van der Waals surface area contributed by atoms with Crippen LogP contribution in [0.15, 0.2) is 37.9 Å². The molecule has 1 unspecified atom stereocenters. The second-order valence-electron chi connectivity index (χ2n) is 4.46. The van der Waals surface area contributed by atoms with Crippen LogP contribution in [0, 0.1) is 0 Å². The molecule has 20 heavy (non-hydrogen) atoms. The average Bonchev–Trinajstić information content (AvgIpc) is 2.87. The number of halogens is 2. The zero-order valence-corrected chi connectivity index (χ0v) is 15.4. The molecule has 0 saturated heterocycles. The van der Waals surface area contributed by atoms with Crippen molar-refractivity contribution in [2.45, 2.75) is 19.4 Å². The molecule has 1 N–H and O–H groups in total. The Kier molecular flexibility index (Phi) is 6.08. The molecule has 5 heteroatoms. The van der Waals surface area contributed by atoms with Crippen molar-refractivity contribution in [3.05, 3.63) is 49.0 Å². The molecule has 1 heterocycles. The van der Waals surface area contributed by atoms with Gasteiger partial charge in [-0.15, -0.1) is 11.3 Å². The lowest BCUT2D eigenvalue weighted by molar-refractivity contribution is 0.413. The van der Waals surface area contributed by atoms with E-state index >= 15 is 0 Å². The van der Waals surface area contributed by atoms with Gasteiger partial charge in [-0.25, -0.2) is 0 Å². The smallest absolute Gasteiger partial charge is 0.119 e. The second kappa shape index (κ2) is 7.59. The monoisotopic (exact) mass is 417 g/mol. The van der Waals surface area contributed by atoms with Gasteiger partial charge in [0.2, 0.25) is 0 Å². The maximum atomic E-state index is 5.31. The minimum absolute atomic E-state index is 0.311. The zero-order chi connectivity index (χ0) is 14.5. The van der Waals surface area contributed by atoms with Gasteiger partial charge in [0.25, 0.3) is 0 Å². The van der Waals surface area contributed by atoms with Crippen LogP contribution in [0.4, 0.5) is 0 Å². The van der Waals surface area contributed by atoms with Gasteiger partial charge in [0.1, 0.15) is 5.75 Å². The van der Waals surface area contributed by atoms with Crippen molar-refractivity contribution in [1.29, 1.82) is 0 Å². The lowest BCUT2D eigenvalue weighted by atomic mass is 10.0. The summed E-state index contributed by atoms with van der Waals surface area (Å²) in [5.74, 6) is 0.893. The third kappa shape index (κ3) is 4.07. The molecule has 1 atom stereocenters. The SMILES string of the molecule is CCNC(Cc1cc(OC)ccc1Br)c1csc(Br)c1. The summed E-state index contributed by atoms with van der Waals surface area (Å²) in [5.41, 5.74) is 2.57. The summed E-state index contributed by atoms with van der Waals surface area (Å²) in [7, 11) is 1.70. The quantitative estimate of drug-likeness (QED) is 0.698. The summed E-state index contributed by atoms with van der Waals surface area (Å²) >= 11 is 8.88. The maximum Gasteiger partial charge on any atom is 0.119 e. The van der Waals surface area contributed by atoms with Gasteiger partial charge in [-0.3, -0.25) is 0 Å². The number of ether oxygens (including phenoxy) is 1. The second-order valence-corrected chi connectivity index (χ2v) is 7.60. The Bertz CT molecular complexity index is 571. The highest BCUT2D eigenvalue weighted by molar-refractivity contribution is 9.11. The van der Waals surface area contributed by atoms with Gasteiger partial charge in [0.15, 0.2) is 0 Å². The third-order valence-corrected chi connectivity index (χ3v) is 5.41. The molecular formula is C15H17Br2NOS. The molecular weight excluding hydrogens is 402 g/mol. The van der Waals surface area contributed by atoms with Crippen molar-refractivity contribution in [3.63, 3.8) is 0 Å². The Morgan fingerprint density at radius 2 is 2.10 bits per heavy atom. The van der Waals surface area contributed by atoms with Gasteiger partial charge in [0, 0.05) is 10.5 Å². The third-order valence-electron chi connectivity index (χ3n) is 3.12. The van der Waals surface area contributed by atoms with Crippen LogP contribution < -0.4 is 10.1 Å². The van der Waals surface area contributed by atoms with Crippen LogP contribution in [0.5, 0.6) is 5.75 Å². The molecule has 0 aliphatic carbocycles. The lowest BCUT2D eigenvalue weighted by Gasteiger charge is -2.18. The summed E-state index contributed by atoms with van der Waals surface area (Å²) < 4.78 is 7.60. The molecule has 0 saturated carbocycles. The normalized spacial score (nSPS) is 12.4. The molecule has 108 valence electrons. The fourth-order valence-electron chi connectivity index (χ4n) is 2.11. The van der Waals surface area contributed by atoms with Gasteiger partial charge < -0.3 is 10.1 Å². The molecule has 0 radical (unpaired) electrons. The maximum absolute atomic E-state index is 5.31. The largest absolute Gasteiger partial charge is 0.497 e. The van der Waals surface area contributed by atoms with Gasteiger partial charge in [0.05, 0.1) is 10.9 Å². The summed E-state index contributed by atoms with van der Waals surface area (Å²) in [6.07, 6.45) is 0.925. The van der Waals surface area contributed by atoms with Gasteiger partial charge in [-0.1, -0.05) is 22.9 Å². The Balaban J connectivity index is 2.23. The van der Waals surface area contributed by atoms with Crippen LogP contribution in [-0.2, 0) is 6.42 Å². The Labute approximate surface area is 140 Å². The lowest BCUT2D eigenvalue weighted by Crippen LogP contribution is -2.22. The highest BCUT2D eigenvalue weighted by atomic mass is 79.9.